The maximum Gasteiger partial charge on any atom is 0.275 e. The maximum atomic E-state index is 12.5. The van der Waals surface area contributed by atoms with Crippen LogP contribution in [0.15, 0.2) is 38.5 Å². The molecule has 23 heavy (non-hydrogen) atoms. The molecule has 1 aromatic heterocycles. The quantitative estimate of drug-likeness (QED) is 0.806. The molecule has 2 aromatic rings. The SMILES string of the molecule is Cc1[nH]n([C@@H]2CCS(=O)(=O)C2)c(=O)c1C=Nc1ccccc1Br. The van der Waals surface area contributed by atoms with Crippen molar-refractivity contribution in [3.8, 4) is 0 Å². The van der Waals surface area contributed by atoms with Crippen molar-refractivity contribution in [2.24, 2.45) is 4.99 Å². The van der Waals surface area contributed by atoms with Gasteiger partial charge in [-0.2, -0.15) is 0 Å². The number of para-hydroxylation sites is 1. The van der Waals surface area contributed by atoms with Crippen LogP contribution in [0.1, 0.15) is 23.7 Å². The molecule has 2 heterocycles. The van der Waals surface area contributed by atoms with Crippen molar-refractivity contribution >= 4 is 37.7 Å². The van der Waals surface area contributed by atoms with Crippen LogP contribution >= 0.6 is 15.9 Å². The average molecular weight is 398 g/mol. The Morgan fingerprint density at radius 1 is 1.39 bits per heavy atom. The predicted molar refractivity (Wildman–Crippen MR) is 93.5 cm³/mol. The molecule has 0 bridgehead atoms. The fourth-order valence-electron chi connectivity index (χ4n) is 2.66. The lowest BCUT2D eigenvalue weighted by molar-refractivity contribution is 0.483. The zero-order valence-corrected chi connectivity index (χ0v) is 14.9. The van der Waals surface area contributed by atoms with Crippen molar-refractivity contribution in [3.63, 3.8) is 0 Å². The number of aliphatic imine (C=N–C) groups is 1. The molecule has 1 atom stereocenters. The van der Waals surface area contributed by atoms with Gasteiger partial charge in [0.15, 0.2) is 9.84 Å². The highest BCUT2D eigenvalue weighted by Gasteiger charge is 2.31. The van der Waals surface area contributed by atoms with Gasteiger partial charge >= 0.3 is 0 Å². The zero-order valence-electron chi connectivity index (χ0n) is 12.5. The lowest BCUT2D eigenvalue weighted by atomic mass is 10.2. The van der Waals surface area contributed by atoms with E-state index in [-0.39, 0.29) is 23.1 Å². The molecule has 1 aromatic carbocycles. The first-order valence-electron chi connectivity index (χ1n) is 7.17. The maximum absolute atomic E-state index is 12.5. The first kappa shape index (κ1) is 16.2. The molecular formula is C15H16BrN3O3S. The van der Waals surface area contributed by atoms with Crippen LogP contribution in [0.5, 0.6) is 0 Å². The second-order valence-electron chi connectivity index (χ2n) is 5.59. The fourth-order valence-corrected chi connectivity index (χ4v) is 4.75. The number of aromatic nitrogens is 2. The molecule has 3 rings (SSSR count). The summed E-state index contributed by atoms with van der Waals surface area (Å²) >= 11 is 3.41. The number of aryl methyl sites for hydroxylation is 1. The van der Waals surface area contributed by atoms with Gasteiger partial charge in [-0.25, -0.2) is 13.1 Å². The summed E-state index contributed by atoms with van der Waals surface area (Å²) in [5.74, 6) is 0.135. The smallest absolute Gasteiger partial charge is 0.275 e. The third-order valence-corrected chi connectivity index (χ3v) is 6.32. The number of aromatic amines is 1. The van der Waals surface area contributed by atoms with Crippen LogP contribution in [0.3, 0.4) is 0 Å². The average Bonchev–Trinajstić information content (AvgIpc) is 2.99. The number of halogens is 1. The molecule has 1 fully saturated rings. The van der Waals surface area contributed by atoms with E-state index in [4.69, 9.17) is 0 Å². The number of hydrogen-bond acceptors (Lipinski definition) is 4. The Hall–Kier alpha value is -1.67. The molecule has 0 spiro atoms. The Morgan fingerprint density at radius 3 is 2.78 bits per heavy atom. The molecule has 1 aliphatic rings. The van der Waals surface area contributed by atoms with Gasteiger partial charge in [0.2, 0.25) is 0 Å². The van der Waals surface area contributed by atoms with E-state index in [0.29, 0.717) is 17.7 Å². The number of nitrogens with zero attached hydrogens (tertiary/aromatic N) is 2. The molecule has 0 radical (unpaired) electrons. The number of hydrogen-bond donors (Lipinski definition) is 1. The van der Waals surface area contributed by atoms with Gasteiger partial charge in [0.1, 0.15) is 0 Å². The van der Waals surface area contributed by atoms with Gasteiger partial charge in [-0.1, -0.05) is 12.1 Å². The Bertz CT molecular complexity index is 928. The Kier molecular flexibility index (Phi) is 4.29. The third-order valence-electron chi connectivity index (χ3n) is 3.90. The first-order chi connectivity index (χ1) is 10.9. The first-order valence-corrected chi connectivity index (χ1v) is 9.79. The lowest BCUT2D eigenvalue weighted by Crippen LogP contribution is -2.25. The molecule has 0 unspecified atom stereocenters. The standard InChI is InChI=1S/C15H16BrN3O3S/c1-10-12(8-17-14-5-3-2-4-13(14)16)15(20)19(18-10)11-6-7-23(21,22)9-11/h2-5,8,11,18H,6-7,9H2,1H3/t11-/m1/s1. The van der Waals surface area contributed by atoms with Crippen LogP contribution in [0, 0.1) is 6.92 Å². The van der Waals surface area contributed by atoms with Gasteiger partial charge in [0.25, 0.3) is 5.56 Å². The molecule has 1 aliphatic heterocycles. The van der Waals surface area contributed by atoms with Gasteiger partial charge in [-0.15, -0.1) is 0 Å². The molecular weight excluding hydrogens is 382 g/mol. The number of benzene rings is 1. The summed E-state index contributed by atoms with van der Waals surface area (Å²) < 4.78 is 25.5. The second kappa shape index (κ2) is 6.09. The van der Waals surface area contributed by atoms with Crippen LogP contribution in [-0.4, -0.2) is 35.9 Å². The van der Waals surface area contributed by atoms with E-state index in [1.165, 1.54) is 10.9 Å². The summed E-state index contributed by atoms with van der Waals surface area (Å²) in [6.45, 7) is 1.78. The van der Waals surface area contributed by atoms with Gasteiger partial charge in [-0.05, 0) is 41.4 Å². The van der Waals surface area contributed by atoms with Crippen molar-refractivity contribution < 1.29 is 8.42 Å². The second-order valence-corrected chi connectivity index (χ2v) is 8.68. The molecule has 6 nitrogen and oxygen atoms in total. The van der Waals surface area contributed by atoms with E-state index >= 15 is 0 Å². The highest BCUT2D eigenvalue weighted by atomic mass is 79.9. The van der Waals surface area contributed by atoms with Crippen molar-refractivity contribution in [1.82, 2.24) is 9.78 Å². The van der Waals surface area contributed by atoms with Crippen LogP contribution in [-0.2, 0) is 9.84 Å². The lowest BCUT2D eigenvalue weighted by Gasteiger charge is -2.07. The normalized spacial score (nSPS) is 20.3. The minimum absolute atomic E-state index is 0.00762. The number of nitrogens with one attached hydrogen (secondary N) is 1. The van der Waals surface area contributed by atoms with E-state index in [1.54, 1.807) is 6.92 Å². The fraction of sp³-hybridized carbons (Fsp3) is 0.333. The van der Waals surface area contributed by atoms with Gasteiger partial charge in [0, 0.05) is 16.4 Å². The van der Waals surface area contributed by atoms with Crippen LogP contribution in [0.2, 0.25) is 0 Å². The van der Waals surface area contributed by atoms with E-state index in [1.807, 2.05) is 24.3 Å². The predicted octanol–water partition coefficient (Wildman–Crippen LogP) is 2.36. The summed E-state index contributed by atoms with van der Waals surface area (Å²) in [5.41, 5.74) is 1.61. The highest BCUT2D eigenvalue weighted by Crippen LogP contribution is 2.24. The zero-order chi connectivity index (χ0) is 16.6. The minimum Gasteiger partial charge on any atom is -0.299 e. The Balaban J connectivity index is 1.93. The molecule has 122 valence electrons. The summed E-state index contributed by atoms with van der Waals surface area (Å²) in [6.07, 6.45) is 1.98. The van der Waals surface area contributed by atoms with Crippen molar-refractivity contribution in [2.45, 2.75) is 19.4 Å². The third kappa shape index (κ3) is 3.32. The molecule has 1 N–H and O–H groups in total. The minimum atomic E-state index is -3.04. The summed E-state index contributed by atoms with van der Waals surface area (Å²) in [6, 6.07) is 7.14. The van der Waals surface area contributed by atoms with E-state index < -0.39 is 9.84 Å². The monoisotopic (exact) mass is 397 g/mol. The summed E-state index contributed by atoms with van der Waals surface area (Å²) in [4.78, 5) is 16.9. The van der Waals surface area contributed by atoms with Gasteiger partial charge in [-0.3, -0.25) is 14.9 Å². The van der Waals surface area contributed by atoms with Gasteiger partial charge < -0.3 is 0 Å². The van der Waals surface area contributed by atoms with Crippen molar-refractivity contribution in [3.05, 3.63) is 50.3 Å². The number of H-pyrrole nitrogens is 1. The van der Waals surface area contributed by atoms with E-state index in [0.717, 1.165) is 10.2 Å². The largest absolute Gasteiger partial charge is 0.299 e. The molecule has 0 aliphatic carbocycles. The number of rotatable bonds is 3. The number of sulfone groups is 1. The highest BCUT2D eigenvalue weighted by molar-refractivity contribution is 9.10. The molecule has 0 amide bonds. The van der Waals surface area contributed by atoms with Crippen LogP contribution in [0.4, 0.5) is 5.69 Å². The van der Waals surface area contributed by atoms with Crippen molar-refractivity contribution in [1.29, 1.82) is 0 Å². The van der Waals surface area contributed by atoms with Crippen molar-refractivity contribution in [2.75, 3.05) is 11.5 Å². The molecule has 1 saturated heterocycles. The van der Waals surface area contributed by atoms with E-state index in [2.05, 4.69) is 26.0 Å². The Morgan fingerprint density at radius 2 is 2.13 bits per heavy atom. The van der Waals surface area contributed by atoms with Crippen LogP contribution in [0.25, 0.3) is 0 Å². The van der Waals surface area contributed by atoms with Crippen LogP contribution < -0.4 is 5.56 Å². The molecule has 0 saturated carbocycles. The Labute approximate surface area is 142 Å². The molecule has 8 heteroatoms. The topological polar surface area (TPSA) is 84.3 Å². The van der Waals surface area contributed by atoms with Gasteiger partial charge in [0.05, 0.1) is 28.8 Å². The van der Waals surface area contributed by atoms with E-state index in [9.17, 15) is 13.2 Å². The summed E-state index contributed by atoms with van der Waals surface area (Å²) in [7, 11) is -3.04. The summed E-state index contributed by atoms with van der Waals surface area (Å²) in [5, 5.41) is 2.98.